The molecule has 0 aliphatic carbocycles. The number of thiocarbonyl (C=S) groups is 1. The molecule has 1 aromatic rings. The van der Waals surface area contributed by atoms with E-state index in [0.717, 1.165) is 17.3 Å². The minimum absolute atomic E-state index is 0.0134. The van der Waals surface area contributed by atoms with Crippen LogP contribution in [0.1, 0.15) is 11.1 Å². The summed E-state index contributed by atoms with van der Waals surface area (Å²) < 4.78 is 0.526. The van der Waals surface area contributed by atoms with Crippen LogP contribution in [-0.4, -0.2) is 9.44 Å². The molecule has 4 heteroatoms. The van der Waals surface area contributed by atoms with Crippen LogP contribution >= 0.6 is 24.0 Å². The van der Waals surface area contributed by atoms with Gasteiger partial charge in [0.25, 0.3) is 0 Å². The molecule has 0 radical (unpaired) electrons. The van der Waals surface area contributed by atoms with Crippen molar-refractivity contribution >= 4 is 39.5 Å². The van der Waals surface area contributed by atoms with E-state index < -0.39 is 0 Å². The summed E-state index contributed by atoms with van der Waals surface area (Å²) in [5.74, 6) is 0. The van der Waals surface area contributed by atoms with Crippen LogP contribution < -0.4 is 5.32 Å². The lowest BCUT2D eigenvalue weighted by Crippen LogP contribution is -2.09. The summed E-state index contributed by atoms with van der Waals surface area (Å²) in [6.07, 6.45) is 1.81. The molecule has 76 valence electrons. The van der Waals surface area contributed by atoms with E-state index in [1.54, 1.807) is 0 Å². The van der Waals surface area contributed by atoms with Crippen molar-refractivity contribution in [2.24, 2.45) is 0 Å². The number of hydrogen-bond acceptors (Lipinski definition) is 3. The van der Waals surface area contributed by atoms with Crippen LogP contribution in [0.4, 0.5) is 0 Å². The summed E-state index contributed by atoms with van der Waals surface area (Å²) in [5, 5.41) is 2.86. The summed E-state index contributed by atoms with van der Waals surface area (Å²) in [7, 11) is 0. The lowest BCUT2D eigenvalue weighted by molar-refractivity contribution is -0.107. The van der Waals surface area contributed by atoms with Crippen molar-refractivity contribution in [2.45, 2.75) is 6.92 Å². The van der Waals surface area contributed by atoms with Gasteiger partial charge in [-0.05, 0) is 30.3 Å². The van der Waals surface area contributed by atoms with Crippen molar-refractivity contribution in [3.63, 3.8) is 0 Å². The monoisotopic (exact) mass is 235 g/mol. The van der Waals surface area contributed by atoms with Gasteiger partial charge in [-0.2, -0.15) is 0 Å². The Morgan fingerprint density at radius 3 is 2.53 bits per heavy atom. The third-order valence-corrected chi connectivity index (χ3v) is 3.08. The highest BCUT2D eigenvalue weighted by Gasteiger charge is 2.21. The van der Waals surface area contributed by atoms with Crippen molar-refractivity contribution in [2.75, 3.05) is 0 Å². The third-order valence-electron chi connectivity index (χ3n) is 2.03. The van der Waals surface area contributed by atoms with E-state index in [-0.39, 0.29) is 5.12 Å². The molecule has 0 atom stereocenters. The summed E-state index contributed by atoms with van der Waals surface area (Å²) in [4.78, 5) is 11.4. The van der Waals surface area contributed by atoms with Gasteiger partial charge in [-0.3, -0.25) is 4.79 Å². The first-order valence-corrected chi connectivity index (χ1v) is 5.69. The number of carbonyl (C=O) groups is 1. The second-order valence-electron chi connectivity index (χ2n) is 3.27. The van der Waals surface area contributed by atoms with E-state index in [1.165, 1.54) is 5.56 Å². The lowest BCUT2D eigenvalue weighted by Gasteiger charge is -1.97. The van der Waals surface area contributed by atoms with Crippen molar-refractivity contribution in [1.82, 2.24) is 5.32 Å². The molecule has 0 saturated carbocycles. The van der Waals surface area contributed by atoms with Gasteiger partial charge in [0.15, 0.2) is 0 Å². The van der Waals surface area contributed by atoms with E-state index in [2.05, 4.69) is 5.32 Å². The number of hydrogen-bond donors (Lipinski definition) is 1. The molecule has 1 aliphatic heterocycles. The van der Waals surface area contributed by atoms with Gasteiger partial charge in [0.1, 0.15) is 4.32 Å². The van der Waals surface area contributed by atoms with Gasteiger partial charge in [-0.15, -0.1) is 0 Å². The first kappa shape index (κ1) is 10.4. The molecule has 0 aromatic heterocycles. The van der Waals surface area contributed by atoms with Gasteiger partial charge in [-0.1, -0.05) is 42.0 Å². The molecular weight excluding hydrogens is 226 g/mol. The molecular formula is C11H9NOS2. The molecule has 2 nitrogen and oxygen atoms in total. The van der Waals surface area contributed by atoms with E-state index in [1.807, 2.05) is 37.3 Å². The van der Waals surface area contributed by atoms with Crippen molar-refractivity contribution in [3.8, 4) is 0 Å². The number of rotatable bonds is 1. The lowest BCUT2D eigenvalue weighted by atomic mass is 10.1. The maximum atomic E-state index is 11.4. The summed E-state index contributed by atoms with van der Waals surface area (Å²) >= 11 is 5.96. The highest BCUT2D eigenvalue weighted by molar-refractivity contribution is 8.33. The van der Waals surface area contributed by atoms with E-state index >= 15 is 0 Å². The Morgan fingerprint density at radius 1 is 1.33 bits per heavy atom. The van der Waals surface area contributed by atoms with Gasteiger partial charge < -0.3 is 5.32 Å². The predicted molar refractivity (Wildman–Crippen MR) is 67.5 cm³/mol. The van der Waals surface area contributed by atoms with E-state index in [0.29, 0.717) is 10.0 Å². The summed E-state index contributed by atoms with van der Waals surface area (Å²) in [6.45, 7) is 2.03. The molecule has 1 aliphatic rings. The number of carbonyl (C=O) groups excluding carboxylic acids is 1. The molecule has 1 fully saturated rings. The van der Waals surface area contributed by atoms with Gasteiger partial charge in [0.2, 0.25) is 5.12 Å². The SMILES string of the molecule is Cc1ccc(C=C2NC(=S)SC2=O)cc1. The number of nitrogens with one attached hydrogen (secondary N) is 1. The average molecular weight is 235 g/mol. The zero-order valence-corrected chi connectivity index (χ0v) is 9.74. The van der Waals surface area contributed by atoms with Crippen LogP contribution in [0.3, 0.4) is 0 Å². The zero-order chi connectivity index (χ0) is 10.8. The third kappa shape index (κ3) is 2.46. The van der Waals surface area contributed by atoms with Crippen LogP contribution in [0, 0.1) is 6.92 Å². The second kappa shape index (κ2) is 4.16. The average Bonchev–Trinajstić information content (AvgIpc) is 2.49. The second-order valence-corrected chi connectivity index (χ2v) is 4.92. The summed E-state index contributed by atoms with van der Waals surface area (Å²) in [5.41, 5.74) is 2.77. The molecule has 0 amide bonds. The van der Waals surface area contributed by atoms with Gasteiger partial charge in [0, 0.05) is 0 Å². The molecule has 0 bridgehead atoms. The molecule has 0 unspecified atom stereocenters. The Bertz CT molecular complexity index is 448. The van der Waals surface area contributed by atoms with Crippen molar-refractivity contribution in [3.05, 3.63) is 41.1 Å². The van der Waals surface area contributed by atoms with E-state index in [9.17, 15) is 4.79 Å². The highest BCUT2D eigenvalue weighted by atomic mass is 32.2. The Morgan fingerprint density at radius 2 is 2.00 bits per heavy atom. The van der Waals surface area contributed by atoms with Gasteiger partial charge >= 0.3 is 0 Å². The number of benzene rings is 1. The normalized spacial score (nSPS) is 18.3. The van der Waals surface area contributed by atoms with Gasteiger partial charge in [0.05, 0.1) is 5.70 Å². The summed E-state index contributed by atoms with van der Waals surface area (Å²) in [6, 6.07) is 7.97. The Labute approximate surface area is 97.8 Å². The molecule has 1 aromatic carbocycles. The smallest absolute Gasteiger partial charge is 0.242 e. The molecule has 1 saturated heterocycles. The van der Waals surface area contributed by atoms with Crippen LogP contribution in [0.25, 0.3) is 6.08 Å². The van der Waals surface area contributed by atoms with Crippen molar-refractivity contribution in [1.29, 1.82) is 0 Å². The Balaban J connectivity index is 2.27. The first-order chi connectivity index (χ1) is 7.15. The van der Waals surface area contributed by atoms with Crippen LogP contribution in [0.5, 0.6) is 0 Å². The standard InChI is InChI=1S/C11H9NOS2/c1-7-2-4-8(5-3-7)6-9-10(13)15-11(14)12-9/h2-6H,1H3,(H,12,14). The van der Waals surface area contributed by atoms with Gasteiger partial charge in [-0.25, -0.2) is 0 Å². The van der Waals surface area contributed by atoms with Crippen LogP contribution in [-0.2, 0) is 4.79 Å². The topological polar surface area (TPSA) is 29.1 Å². The fraction of sp³-hybridized carbons (Fsp3) is 0.0909. The van der Waals surface area contributed by atoms with Crippen LogP contribution in [0.2, 0.25) is 0 Å². The number of aryl methyl sites for hydroxylation is 1. The quantitative estimate of drug-likeness (QED) is 0.598. The van der Waals surface area contributed by atoms with Crippen molar-refractivity contribution < 1.29 is 4.79 Å². The fourth-order valence-electron chi connectivity index (χ4n) is 1.25. The first-order valence-electron chi connectivity index (χ1n) is 4.47. The fourth-order valence-corrected chi connectivity index (χ4v) is 2.14. The molecule has 1 heterocycles. The minimum atomic E-state index is -0.0134. The zero-order valence-electron chi connectivity index (χ0n) is 8.11. The molecule has 2 rings (SSSR count). The Hall–Kier alpha value is -1.13. The molecule has 15 heavy (non-hydrogen) atoms. The maximum absolute atomic E-state index is 11.4. The Kier molecular flexibility index (Phi) is 2.88. The highest BCUT2D eigenvalue weighted by Crippen LogP contribution is 2.20. The maximum Gasteiger partial charge on any atom is 0.242 e. The predicted octanol–water partition coefficient (Wildman–Crippen LogP) is 2.48. The molecule has 1 N–H and O–H groups in total. The van der Waals surface area contributed by atoms with Crippen LogP contribution in [0.15, 0.2) is 30.0 Å². The minimum Gasteiger partial charge on any atom is -0.337 e. The molecule has 0 spiro atoms. The van der Waals surface area contributed by atoms with E-state index in [4.69, 9.17) is 12.2 Å². The number of thioether (sulfide) groups is 1. The largest absolute Gasteiger partial charge is 0.337 e.